The van der Waals surface area contributed by atoms with Crippen molar-refractivity contribution in [3.8, 4) is 0 Å². The van der Waals surface area contributed by atoms with Gasteiger partial charge in [-0.2, -0.15) is 0 Å². The molecule has 0 unspecified atom stereocenters. The number of rotatable bonds is 1. The van der Waals surface area contributed by atoms with E-state index in [1.165, 1.54) is 13.2 Å². The van der Waals surface area contributed by atoms with Crippen molar-refractivity contribution in [2.24, 2.45) is 0 Å². The molecule has 0 saturated carbocycles. The molecule has 0 bridgehead atoms. The highest BCUT2D eigenvalue weighted by Gasteiger charge is 2.27. The van der Waals surface area contributed by atoms with Gasteiger partial charge in [-0.1, -0.05) is 11.6 Å². The summed E-state index contributed by atoms with van der Waals surface area (Å²) < 4.78 is 4.91. The summed E-state index contributed by atoms with van der Waals surface area (Å²) in [6.45, 7) is 3.73. The van der Waals surface area contributed by atoms with Crippen LogP contribution < -0.4 is 0 Å². The van der Waals surface area contributed by atoms with Crippen LogP contribution >= 0.6 is 0 Å². The van der Waals surface area contributed by atoms with E-state index >= 15 is 0 Å². The lowest BCUT2D eigenvalue weighted by Crippen LogP contribution is -2.19. The molecule has 16 heavy (non-hydrogen) atoms. The van der Waals surface area contributed by atoms with Gasteiger partial charge in [0.05, 0.1) is 7.11 Å². The zero-order valence-corrected chi connectivity index (χ0v) is 9.46. The summed E-state index contributed by atoms with van der Waals surface area (Å²) >= 11 is 0. The average molecular weight is 216 g/mol. The maximum Gasteiger partial charge on any atom is 0.228 e. The first-order valence-electron chi connectivity index (χ1n) is 5.00. The molecule has 1 aliphatic rings. The number of allylic oxidation sites excluding steroid dienone is 2. The van der Waals surface area contributed by atoms with Crippen LogP contribution in [-0.4, -0.2) is 18.7 Å². The van der Waals surface area contributed by atoms with Gasteiger partial charge in [-0.05, 0) is 25.5 Å². The Morgan fingerprint density at radius 2 is 1.81 bits per heavy atom. The van der Waals surface area contributed by atoms with Crippen LogP contribution in [0.3, 0.4) is 0 Å². The number of ketones is 2. The third kappa shape index (κ3) is 1.45. The Labute approximate surface area is 93.7 Å². The van der Waals surface area contributed by atoms with Crippen LogP contribution in [0.4, 0.5) is 0 Å². The van der Waals surface area contributed by atoms with Crippen molar-refractivity contribution in [2.45, 2.75) is 13.8 Å². The highest BCUT2D eigenvalue weighted by Crippen LogP contribution is 2.25. The molecule has 2 rings (SSSR count). The highest BCUT2D eigenvalue weighted by molar-refractivity contribution is 6.24. The number of fused-ring (bicyclic) bond motifs is 1. The Morgan fingerprint density at radius 3 is 2.44 bits per heavy atom. The Morgan fingerprint density at radius 1 is 1.12 bits per heavy atom. The number of ether oxygens (including phenoxy) is 1. The van der Waals surface area contributed by atoms with Crippen LogP contribution in [-0.2, 0) is 4.74 Å². The summed E-state index contributed by atoms with van der Waals surface area (Å²) in [6, 6.07) is 3.63. The van der Waals surface area contributed by atoms with Crippen molar-refractivity contribution in [3.05, 3.63) is 46.2 Å². The number of carbonyl (C=O) groups is 2. The smallest absolute Gasteiger partial charge is 0.228 e. The molecule has 0 aromatic heterocycles. The molecule has 0 amide bonds. The maximum atomic E-state index is 12.0. The minimum Gasteiger partial charge on any atom is -0.492 e. The van der Waals surface area contributed by atoms with Crippen molar-refractivity contribution in [2.75, 3.05) is 7.11 Å². The lowest BCUT2D eigenvalue weighted by atomic mass is 9.88. The van der Waals surface area contributed by atoms with E-state index < -0.39 is 0 Å². The summed E-state index contributed by atoms with van der Waals surface area (Å²) in [4.78, 5) is 23.8. The molecule has 0 N–H and O–H groups in total. The molecule has 0 fully saturated rings. The number of methoxy groups -OCH3 is 1. The van der Waals surface area contributed by atoms with Crippen LogP contribution in [0.15, 0.2) is 24.0 Å². The maximum absolute atomic E-state index is 12.0. The summed E-state index contributed by atoms with van der Waals surface area (Å²) in [5, 5.41) is 0. The Hall–Kier alpha value is -1.90. The second kappa shape index (κ2) is 3.59. The molecule has 1 aromatic carbocycles. The molecule has 1 aromatic rings. The Balaban J connectivity index is 2.71. The first-order chi connectivity index (χ1) is 7.54. The van der Waals surface area contributed by atoms with E-state index in [1.54, 1.807) is 6.07 Å². The molecule has 3 heteroatoms. The fourth-order valence-electron chi connectivity index (χ4n) is 2.00. The third-order valence-corrected chi connectivity index (χ3v) is 2.68. The van der Waals surface area contributed by atoms with Gasteiger partial charge in [0.2, 0.25) is 5.78 Å². The van der Waals surface area contributed by atoms with Gasteiger partial charge in [0.1, 0.15) is 0 Å². The first-order valence-corrected chi connectivity index (χ1v) is 5.00. The van der Waals surface area contributed by atoms with E-state index in [-0.39, 0.29) is 17.3 Å². The van der Waals surface area contributed by atoms with Gasteiger partial charge in [0.15, 0.2) is 11.5 Å². The van der Waals surface area contributed by atoms with Crippen molar-refractivity contribution in [1.29, 1.82) is 0 Å². The van der Waals surface area contributed by atoms with E-state index in [4.69, 9.17) is 4.74 Å². The lowest BCUT2D eigenvalue weighted by molar-refractivity contribution is 0.0916. The summed E-state index contributed by atoms with van der Waals surface area (Å²) in [7, 11) is 1.39. The van der Waals surface area contributed by atoms with Crippen LogP contribution in [0.5, 0.6) is 0 Å². The Kier molecular flexibility index (Phi) is 2.38. The molecule has 3 nitrogen and oxygen atoms in total. The molecule has 0 radical (unpaired) electrons. The summed E-state index contributed by atoms with van der Waals surface area (Å²) in [6.07, 6.45) is 1.25. The molecule has 0 aliphatic heterocycles. The second-order valence-corrected chi connectivity index (χ2v) is 3.91. The van der Waals surface area contributed by atoms with E-state index in [0.717, 1.165) is 11.1 Å². The fourth-order valence-corrected chi connectivity index (χ4v) is 2.00. The molecule has 82 valence electrons. The number of hydrogen-bond acceptors (Lipinski definition) is 3. The normalized spacial score (nSPS) is 14.6. The Bertz CT molecular complexity index is 524. The topological polar surface area (TPSA) is 43.4 Å². The number of Topliss-reactive ketones (excluding diaryl/α,β-unsaturated/α-hetero) is 1. The highest BCUT2D eigenvalue weighted by atomic mass is 16.5. The SMILES string of the molecule is COC1=CC(=O)c2cc(C)cc(C)c2C1=O. The number of hydrogen-bond donors (Lipinski definition) is 0. The summed E-state index contributed by atoms with van der Waals surface area (Å²) in [5.74, 6) is -0.266. The van der Waals surface area contributed by atoms with Crippen LogP contribution in [0.1, 0.15) is 31.8 Å². The van der Waals surface area contributed by atoms with Crippen molar-refractivity contribution >= 4 is 11.6 Å². The fraction of sp³-hybridized carbons (Fsp3) is 0.231. The third-order valence-electron chi connectivity index (χ3n) is 2.68. The van der Waals surface area contributed by atoms with Gasteiger partial charge in [0, 0.05) is 17.2 Å². The van der Waals surface area contributed by atoms with Crippen molar-refractivity contribution < 1.29 is 14.3 Å². The van der Waals surface area contributed by atoms with Crippen molar-refractivity contribution in [3.63, 3.8) is 0 Å². The molecule has 0 saturated heterocycles. The van der Waals surface area contributed by atoms with Gasteiger partial charge in [0.25, 0.3) is 0 Å². The minimum atomic E-state index is -0.213. The van der Waals surface area contributed by atoms with E-state index in [1.807, 2.05) is 19.9 Å². The molecule has 0 spiro atoms. The summed E-state index contributed by atoms with van der Waals surface area (Å²) in [5.41, 5.74) is 2.74. The zero-order valence-electron chi connectivity index (χ0n) is 9.46. The molecular formula is C13H12O3. The number of aryl methyl sites for hydroxylation is 2. The number of carbonyl (C=O) groups excluding carboxylic acids is 2. The quantitative estimate of drug-likeness (QED) is 0.722. The first kappa shape index (κ1) is 10.6. The van der Waals surface area contributed by atoms with Gasteiger partial charge < -0.3 is 4.74 Å². The predicted molar refractivity (Wildman–Crippen MR) is 59.7 cm³/mol. The molecule has 0 atom stereocenters. The number of benzene rings is 1. The van der Waals surface area contributed by atoms with Crippen LogP contribution in [0.25, 0.3) is 0 Å². The second-order valence-electron chi connectivity index (χ2n) is 3.91. The molecular weight excluding hydrogens is 204 g/mol. The van der Waals surface area contributed by atoms with Gasteiger partial charge in [-0.3, -0.25) is 9.59 Å². The van der Waals surface area contributed by atoms with Crippen molar-refractivity contribution in [1.82, 2.24) is 0 Å². The average Bonchev–Trinajstić information content (AvgIpc) is 2.22. The minimum absolute atomic E-state index is 0.115. The monoisotopic (exact) mass is 216 g/mol. The molecule has 0 heterocycles. The predicted octanol–water partition coefficient (Wildman–Crippen LogP) is 2.21. The van der Waals surface area contributed by atoms with E-state index in [2.05, 4.69) is 0 Å². The lowest BCUT2D eigenvalue weighted by Gasteiger charge is -2.16. The van der Waals surface area contributed by atoms with Gasteiger partial charge in [-0.15, -0.1) is 0 Å². The standard InChI is InChI=1S/C13H12O3/c1-7-4-8(2)12-9(5-7)10(14)6-11(16-3)13(12)15/h4-6H,1-3H3. The van der Waals surface area contributed by atoms with E-state index in [9.17, 15) is 9.59 Å². The van der Waals surface area contributed by atoms with Crippen LogP contribution in [0.2, 0.25) is 0 Å². The van der Waals surface area contributed by atoms with E-state index in [0.29, 0.717) is 11.1 Å². The largest absolute Gasteiger partial charge is 0.492 e. The molecule has 1 aliphatic carbocycles. The zero-order chi connectivity index (χ0) is 11.9. The van der Waals surface area contributed by atoms with Gasteiger partial charge >= 0.3 is 0 Å². The van der Waals surface area contributed by atoms with Gasteiger partial charge in [-0.25, -0.2) is 0 Å². The van der Waals surface area contributed by atoms with Crippen LogP contribution in [0, 0.1) is 13.8 Å².